The van der Waals surface area contributed by atoms with Crippen molar-refractivity contribution in [3.05, 3.63) is 23.7 Å². The van der Waals surface area contributed by atoms with Gasteiger partial charge in [-0.3, -0.25) is 0 Å². The van der Waals surface area contributed by atoms with E-state index in [0.717, 1.165) is 18.1 Å². The molecule has 1 unspecified atom stereocenters. The average Bonchev–Trinajstić information content (AvgIpc) is 2.88. The molecule has 1 aromatic heterocycles. The van der Waals surface area contributed by atoms with Gasteiger partial charge in [-0.15, -0.1) is 11.3 Å². The number of rotatable bonds is 4. The summed E-state index contributed by atoms with van der Waals surface area (Å²) in [5, 5.41) is 3.55. The first-order valence-electron chi connectivity index (χ1n) is 7.10. The van der Waals surface area contributed by atoms with Crippen molar-refractivity contribution in [1.82, 2.24) is 9.88 Å². The first-order chi connectivity index (χ1) is 9.33. The second-order valence-electron chi connectivity index (χ2n) is 5.38. The molecule has 102 valence electrons. The Bertz CT molecular complexity index is 537. The molecule has 2 heterocycles. The molecule has 0 aliphatic carbocycles. The Morgan fingerprint density at radius 3 is 3.26 bits per heavy atom. The number of fused-ring (bicyclic) bond motifs is 1. The zero-order valence-electron chi connectivity index (χ0n) is 11.4. The lowest BCUT2D eigenvalue weighted by molar-refractivity contribution is 0.179. The van der Waals surface area contributed by atoms with Crippen LogP contribution in [0.2, 0.25) is 0 Å². The highest BCUT2D eigenvalue weighted by Crippen LogP contribution is 2.22. The lowest BCUT2D eigenvalue weighted by atomic mass is 10.0. The van der Waals surface area contributed by atoms with Crippen LogP contribution in [0.1, 0.15) is 25.7 Å². The largest absolute Gasteiger partial charge is 0.385 e. The van der Waals surface area contributed by atoms with Gasteiger partial charge in [-0.1, -0.05) is 6.42 Å². The Balaban J connectivity index is 1.53. The van der Waals surface area contributed by atoms with Gasteiger partial charge in [0.05, 0.1) is 15.7 Å². The van der Waals surface area contributed by atoms with Gasteiger partial charge in [0, 0.05) is 18.3 Å². The molecule has 19 heavy (non-hydrogen) atoms. The Kier molecular flexibility index (Phi) is 3.99. The van der Waals surface area contributed by atoms with E-state index in [2.05, 4.69) is 40.4 Å². The van der Waals surface area contributed by atoms with Crippen LogP contribution in [-0.4, -0.2) is 36.1 Å². The van der Waals surface area contributed by atoms with Gasteiger partial charge in [0.1, 0.15) is 0 Å². The molecule has 2 aromatic rings. The molecule has 1 atom stereocenters. The van der Waals surface area contributed by atoms with Crippen molar-refractivity contribution in [1.29, 1.82) is 0 Å². The van der Waals surface area contributed by atoms with Gasteiger partial charge in [-0.05, 0) is 51.1 Å². The van der Waals surface area contributed by atoms with Crippen molar-refractivity contribution >= 4 is 27.2 Å². The fraction of sp³-hybridized carbons (Fsp3) is 0.533. The molecular weight excluding hydrogens is 254 g/mol. The van der Waals surface area contributed by atoms with E-state index < -0.39 is 0 Å². The van der Waals surface area contributed by atoms with E-state index in [0.29, 0.717) is 0 Å². The van der Waals surface area contributed by atoms with Crippen LogP contribution in [0.15, 0.2) is 23.7 Å². The van der Waals surface area contributed by atoms with E-state index >= 15 is 0 Å². The third-order valence-corrected chi connectivity index (χ3v) is 4.85. The van der Waals surface area contributed by atoms with Crippen LogP contribution in [-0.2, 0) is 0 Å². The number of benzene rings is 1. The minimum atomic E-state index is 0.758. The second kappa shape index (κ2) is 5.88. The molecular formula is C15H21N3S. The number of hydrogen-bond donors (Lipinski definition) is 1. The van der Waals surface area contributed by atoms with Crippen LogP contribution in [0.4, 0.5) is 5.69 Å². The highest BCUT2D eigenvalue weighted by Gasteiger charge is 2.17. The molecule has 0 spiro atoms. The van der Waals surface area contributed by atoms with Crippen molar-refractivity contribution in [2.24, 2.45) is 0 Å². The maximum atomic E-state index is 4.31. The van der Waals surface area contributed by atoms with Gasteiger partial charge in [0.25, 0.3) is 0 Å². The van der Waals surface area contributed by atoms with E-state index in [1.54, 1.807) is 11.3 Å². The van der Waals surface area contributed by atoms with Crippen LogP contribution in [0.3, 0.4) is 0 Å². The third kappa shape index (κ3) is 3.07. The average molecular weight is 275 g/mol. The molecule has 4 heteroatoms. The van der Waals surface area contributed by atoms with Crippen LogP contribution in [0.5, 0.6) is 0 Å². The minimum absolute atomic E-state index is 0.758. The van der Waals surface area contributed by atoms with E-state index in [1.807, 2.05) is 5.51 Å². The molecule has 1 N–H and O–H groups in total. The lowest BCUT2D eigenvalue weighted by Crippen LogP contribution is -2.37. The Morgan fingerprint density at radius 2 is 2.37 bits per heavy atom. The zero-order valence-corrected chi connectivity index (χ0v) is 12.2. The lowest BCUT2D eigenvalue weighted by Gasteiger charge is -2.32. The fourth-order valence-electron chi connectivity index (χ4n) is 2.86. The Labute approximate surface area is 118 Å². The maximum absolute atomic E-state index is 4.31. The van der Waals surface area contributed by atoms with Crippen molar-refractivity contribution in [3.8, 4) is 0 Å². The molecule has 0 amide bonds. The maximum Gasteiger partial charge on any atom is 0.0813 e. The molecule has 3 nitrogen and oxygen atoms in total. The summed E-state index contributed by atoms with van der Waals surface area (Å²) in [6.45, 7) is 2.32. The Hall–Kier alpha value is -1.13. The number of piperidine rings is 1. The number of nitrogens with one attached hydrogen (secondary N) is 1. The summed E-state index contributed by atoms with van der Waals surface area (Å²) in [5.41, 5.74) is 4.23. The molecule has 1 fully saturated rings. The molecule has 0 saturated carbocycles. The predicted molar refractivity (Wildman–Crippen MR) is 83.0 cm³/mol. The standard InChI is InChI=1S/C15H21N3S/c1-18-9-3-2-4-13(18)7-8-16-12-5-6-14-15(10-12)19-11-17-14/h5-6,10-11,13,16H,2-4,7-9H2,1H3. The smallest absolute Gasteiger partial charge is 0.0813 e. The summed E-state index contributed by atoms with van der Waals surface area (Å²) in [4.78, 5) is 6.82. The van der Waals surface area contributed by atoms with E-state index in [-0.39, 0.29) is 0 Å². The monoisotopic (exact) mass is 275 g/mol. The third-order valence-electron chi connectivity index (χ3n) is 4.06. The fourth-order valence-corrected chi connectivity index (χ4v) is 3.57. The number of anilines is 1. The van der Waals surface area contributed by atoms with Gasteiger partial charge >= 0.3 is 0 Å². The molecule has 1 aliphatic rings. The van der Waals surface area contributed by atoms with E-state index in [9.17, 15) is 0 Å². The molecule has 3 rings (SSSR count). The van der Waals surface area contributed by atoms with Crippen LogP contribution < -0.4 is 5.32 Å². The topological polar surface area (TPSA) is 28.2 Å². The predicted octanol–water partition coefficient (Wildman–Crippen LogP) is 3.58. The van der Waals surface area contributed by atoms with Crippen LogP contribution in [0.25, 0.3) is 10.2 Å². The van der Waals surface area contributed by atoms with Gasteiger partial charge in [-0.2, -0.15) is 0 Å². The highest BCUT2D eigenvalue weighted by atomic mass is 32.1. The van der Waals surface area contributed by atoms with Crippen LogP contribution >= 0.6 is 11.3 Å². The molecule has 0 bridgehead atoms. The number of likely N-dealkylation sites (tertiary alicyclic amines) is 1. The van der Waals surface area contributed by atoms with E-state index in [4.69, 9.17) is 0 Å². The normalized spacial score (nSPS) is 20.8. The van der Waals surface area contributed by atoms with Crippen molar-refractivity contribution < 1.29 is 0 Å². The van der Waals surface area contributed by atoms with Crippen LogP contribution in [0, 0.1) is 0 Å². The number of thiazole rings is 1. The summed E-state index contributed by atoms with van der Waals surface area (Å²) < 4.78 is 1.26. The molecule has 1 saturated heterocycles. The first-order valence-corrected chi connectivity index (χ1v) is 7.98. The molecule has 0 radical (unpaired) electrons. The van der Waals surface area contributed by atoms with E-state index in [1.165, 1.54) is 42.6 Å². The number of nitrogens with zero attached hydrogens (tertiary/aromatic N) is 2. The van der Waals surface area contributed by atoms with Crippen molar-refractivity contribution in [2.45, 2.75) is 31.7 Å². The SMILES string of the molecule is CN1CCCCC1CCNc1ccc2ncsc2c1. The van der Waals surface area contributed by atoms with Crippen molar-refractivity contribution in [2.75, 3.05) is 25.5 Å². The van der Waals surface area contributed by atoms with Gasteiger partial charge in [0.15, 0.2) is 0 Å². The minimum Gasteiger partial charge on any atom is -0.385 e. The summed E-state index contributed by atoms with van der Waals surface area (Å²) in [7, 11) is 2.26. The Morgan fingerprint density at radius 1 is 1.42 bits per heavy atom. The summed E-state index contributed by atoms with van der Waals surface area (Å²) in [6, 6.07) is 7.19. The van der Waals surface area contributed by atoms with Gasteiger partial charge in [-0.25, -0.2) is 4.98 Å². The number of aromatic nitrogens is 1. The highest BCUT2D eigenvalue weighted by molar-refractivity contribution is 7.16. The first kappa shape index (κ1) is 12.9. The molecule has 1 aromatic carbocycles. The summed E-state index contributed by atoms with van der Waals surface area (Å²) in [5.74, 6) is 0. The quantitative estimate of drug-likeness (QED) is 0.924. The zero-order chi connectivity index (χ0) is 13.1. The van der Waals surface area contributed by atoms with Gasteiger partial charge < -0.3 is 10.2 Å². The summed E-state index contributed by atoms with van der Waals surface area (Å²) in [6.07, 6.45) is 5.34. The second-order valence-corrected chi connectivity index (χ2v) is 6.27. The molecule has 1 aliphatic heterocycles. The van der Waals surface area contributed by atoms with Gasteiger partial charge in [0.2, 0.25) is 0 Å². The summed E-state index contributed by atoms with van der Waals surface area (Å²) >= 11 is 1.70. The van der Waals surface area contributed by atoms with Crippen molar-refractivity contribution in [3.63, 3.8) is 0 Å². The number of hydrogen-bond acceptors (Lipinski definition) is 4.